The topological polar surface area (TPSA) is 65.1 Å². The summed E-state index contributed by atoms with van der Waals surface area (Å²) in [6.07, 6.45) is 7.87. The lowest BCUT2D eigenvalue weighted by molar-refractivity contribution is -0.139. The van der Waals surface area contributed by atoms with Crippen LogP contribution in [0.4, 0.5) is 5.69 Å². The van der Waals surface area contributed by atoms with E-state index in [0.29, 0.717) is 29.9 Å². The summed E-state index contributed by atoms with van der Waals surface area (Å²) in [5.74, 6) is 1.12. The summed E-state index contributed by atoms with van der Waals surface area (Å²) in [6.45, 7) is 10.7. The van der Waals surface area contributed by atoms with Gasteiger partial charge in [-0.3, -0.25) is 4.79 Å². The van der Waals surface area contributed by atoms with E-state index in [4.69, 9.17) is 14.2 Å². The van der Waals surface area contributed by atoms with E-state index >= 15 is 0 Å². The van der Waals surface area contributed by atoms with Gasteiger partial charge in [0.15, 0.2) is 5.78 Å². The maximum absolute atomic E-state index is 13.3. The van der Waals surface area contributed by atoms with Gasteiger partial charge in [0.2, 0.25) is 5.72 Å². The molecule has 6 heteroatoms. The summed E-state index contributed by atoms with van der Waals surface area (Å²) in [4.78, 5) is 26.9. The van der Waals surface area contributed by atoms with Crippen LogP contribution in [0.5, 0.6) is 11.5 Å². The number of likely N-dealkylation sites (N-methyl/N-ethyl adjacent to an activating group) is 1. The Kier molecular flexibility index (Phi) is 8.26. The first-order valence-electron chi connectivity index (χ1n) is 14.6. The molecule has 0 fully saturated rings. The van der Waals surface area contributed by atoms with Gasteiger partial charge in [0.25, 0.3) is 0 Å². The van der Waals surface area contributed by atoms with Crippen LogP contribution in [0.3, 0.4) is 0 Å². The number of fused-ring (bicyclic) bond motifs is 2. The molecular formula is C36H39NO5. The zero-order chi connectivity index (χ0) is 29.9. The molecule has 0 N–H and O–H groups in total. The second-order valence-electron chi connectivity index (χ2n) is 11.6. The summed E-state index contributed by atoms with van der Waals surface area (Å²) < 4.78 is 17.7. The van der Waals surface area contributed by atoms with Crippen LogP contribution >= 0.6 is 0 Å². The number of ketones is 1. The predicted octanol–water partition coefficient (Wildman–Crippen LogP) is 7.51. The van der Waals surface area contributed by atoms with Gasteiger partial charge in [0.1, 0.15) is 11.5 Å². The van der Waals surface area contributed by atoms with Crippen molar-refractivity contribution in [1.29, 1.82) is 0 Å². The molecular weight excluding hydrogens is 526 g/mol. The van der Waals surface area contributed by atoms with Crippen molar-refractivity contribution >= 4 is 23.5 Å². The van der Waals surface area contributed by atoms with E-state index in [1.54, 1.807) is 6.92 Å². The molecule has 3 aromatic carbocycles. The Bertz CT molecular complexity index is 1520. The normalized spacial score (nSPS) is 17.8. The summed E-state index contributed by atoms with van der Waals surface area (Å²) in [6, 6.07) is 21.4. The molecule has 2 aliphatic rings. The molecule has 5 rings (SSSR count). The summed E-state index contributed by atoms with van der Waals surface area (Å²) >= 11 is 0. The Hall–Kier alpha value is -4.32. The second kappa shape index (κ2) is 11.9. The molecule has 0 aliphatic carbocycles. The van der Waals surface area contributed by atoms with Crippen LogP contribution in [-0.2, 0) is 14.9 Å². The average molecular weight is 566 g/mol. The Morgan fingerprint density at radius 1 is 0.905 bits per heavy atom. The molecule has 0 amide bonds. The van der Waals surface area contributed by atoms with Crippen molar-refractivity contribution < 1.29 is 23.8 Å². The molecule has 6 nitrogen and oxygen atoms in total. The summed E-state index contributed by atoms with van der Waals surface area (Å²) in [5, 5.41) is 0. The highest BCUT2D eigenvalue weighted by molar-refractivity contribution is 6.09. The molecule has 1 atom stereocenters. The van der Waals surface area contributed by atoms with E-state index in [-0.39, 0.29) is 17.2 Å². The zero-order valence-corrected chi connectivity index (χ0v) is 24.9. The lowest BCUT2D eigenvalue weighted by atomic mass is 9.76. The van der Waals surface area contributed by atoms with E-state index in [9.17, 15) is 9.59 Å². The molecule has 0 bridgehead atoms. The van der Waals surface area contributed by atoms with Crippen molar-refractivity contribution in [3.8, 4) is 11.5 Å². The number of carbonyl (C=O) groups excluding carboxylic acids is 2. The van der Waals surface area contributed by atoms with E-state index in [0.717, 1.165) is 48.4 Å². The smallest absolute Gasteiger partial charge is 0.333 e. The molecule has 2 heterocycles. The number of esters is 1. The van der Waals surface area contributed by atoms with Crippen LogP contribution < -0.4 is 14.4 Å². The average Bonchev–Trinajstić information content (AvgIpc) is 3.15. The largest absolute Gasteiger partial charge is 0.494 e. The molecule has 0 saturated carbocycles. The van der Waals surface area contributed by atoms with Crippen LogP contribution in [0.2, 0.25) is 0 Å². The number of ether oxygens (including phenoxy) is 3. The minimum absolute atomic E-state index is 0.0453. The van der Waals surface area contributed by atoms with Gasteiger partial charge in [-0.2, -0.15) is 0 Å². The number of hydrogen-bond acceptors (Lipinski definition) is 6. The van der Waals surface area contributed by atoms with E-state index < -0.39 is 5.72 Å². The van der Waals surface area contributed by atoms with Gasteiger partial charge in [-0.15, -0.1) is 0 Å². The monoisotopic (exact) mass is 565 g/mol. The van der Waals surface area contributed by atoms with Gasteiger partial charge in [-0.1, -0.05) is 24.8 Å². The third-order valence-corrected chi connectivity index (χ3v) is 8.36. The van der Waals surface area contributed by atoms with Crippen LogP contribution in [0, 0.1) is 0 Å². The molecule has 1 unspecified atom stereocenters. The van der Waals surface area contributed by atoms with Crippen LogP contribution in [-0.4, -0.2) is 37.7 Å². The third-order valence-electron chi connectivity index (χ3n) is 8.36. The van der Waals surface area contributed by atoms with Crippen molar-refractivity contribution in [3.63, 3.8) is 0 Å². The summed E-state index contributed by atoms with van der Waals surface area (Å²) in [7, 11) is 2.07. The lowest BCUT2D eigenvalue weighted by Gasteiger charge is -2.45. The van der Waals surface area contributed by atoms with Crippen LogP contribution in [0.25, 0.3) is 6.08 Å². The fraction of sp³-hybridized carbons (Fsp3) is 0.333. The number of rotatable bonds is 11. The lowest BCUT2D eigenvalue weighted by Crippen LogP contribution is -2.58. The fourth-order valence-electron chi connectivity index (χ4n) is 5.82. The highest BCUT2D eigenvalue weighted by Crippen LogP contribution is 2.54. The van der Waals surface area contributed by atoms with Gasteiger partial charge in [0.05, 0.1) is 18.6 Å². The number of carbonyl (C=O) groups is 2. The van der Waals surface area contributed by atoms with Crippen molar-refractivity contribution in [1.82, 2.24) is 0 Å². The summed E-state index contributed by atoms with van der Waals surface area (Å²) in [5.41, 5.74) is 4.02. The molecule has 0 aromatic heterocycles. The molecule has 42 heavy (non-hydrogen) atoms. The van der Waals surface area contributed by atoms with Gasteiger partial charge in [-0.25, -0.2) is 4.79 Å². The molecule has 2 aliphatic heterocycles. The van der Waals surface area contributed by atoms with Gasteiger partial charge >= 0.3 is 5.97 Å². The minimum Gasteiger partial charge on any atom is -0.494 e. The number of anilines is 1. The Morgan fingerprint density at radius 2 is 1.60 bits per heavy atom. The number of hydrogen-bond donors (Lipinski definition) is 0. The number of unbranched alkanes of at least 4 members (excludes halogenated alkanes) is 3. The van der Waals surface area contributed by atoms with Crippen molar-refractivity contribution in [2.45, 2.75) is 57.6 Å². The number of para-hydroxylation sites is 1. The fourth-order valence-corrected chi connectivity index (χ4v) is 5.82. The van der Waals surface area contributed by atoms with E-state index in [1.165, 1.54) is 5.56 Å². The van der Waals surface area contributed by atoms with E-state index in [2.05, 4.69) is 68.8 Å². The quantitative estimate of drug-likeness (QED) is 0.104. The highest BCUT2D eigenvalue weighted by Gasteiger charge is 2.57. The maximum atomic E-state index is 13.3. The molecule has 0 radical (unpaired) electrons. The Morgan fingerprint density at radius 3 is 2.31 bits per heavy atom. The predicted molar refractivity (Wildman–Crippen MR) is 166 cm³/mol. The van der Waals surface area contributed by atoms with Crippen molar-refractivity contribution in [2.24, 2.45) is 0 Å². The first kappa shape index (κ1) is 29.2. The molecule has 0 saturated heterocycles. The molecule has 218 valence electrons. The standard InChI is InChI=1S/C36H39NO5/c1-25(2)34(39)41-23-11-7-6-10-22-40-29-17-14-26(15-18-29)33(38)28-16-19-32-27(24-28)20-21-36(42-32)35(3,4)30-12-8-9-13-31(30)37(36)5/h8-9,12-21,24H,1,6-7,10-11,22-23H2,2-5H3. The van der Waals surface area contributed by atoms with E-state index in [1.807, 2.05) is 42.5 Å². The first-order chi connectivity index (χ1) is 20.1. The highest BCUT2D eigenvalue weighted by atomic mass is 16.5. The number of benzene rings is 3. The number of nitrogens with zero attached hydrogens (tertiary/aromatic N) is 1. The van der Waals surface area contributed by atoms with Gasteiger partial charge in [-0.05, 0) is 113 Å². The first-order valence-corrected chi connectivity index (χ1v) is 14.6. The zero-order valence-electron chi connectivity index (χ0n) is 24.9. The minimum atomic E-state index is -0.648. The van der Waals surface area contributed by atoms with Crippen molar-refractivity contribution in [3.05, 3.63) is 107 Å². The molecule has 1 spiro atoms. The maximum Gasteiger partial charge on any atom is 0.333 e. The third kappa shape index (κ3) is 5.46. The Balaban J connectivity index is 1.15. The van der Waals surface area contributed by atoms with Crippen LogP contribution in [0.1, 0.15) is 73.5 Å². The van der Waals surface area contributed by atoms with Gasteiger partial charge in [0, 0.05) is 35.0 Å². The van der Waals surface area contributed by atoms with Gasteiger partial charge < -0.3 is 19.1 Å². The Labute approximate surface area is 248 Å². The molecule has 3 aromatic rings. The van der Waals surface area contributed by atoms with Crippen molar-refractivity contribution in [2.75, 3.05) is 25.2 Å². The SMILES string of the molecule is C=C(C)C(=O)OCCCCCCOc1ccc(C(=O)c2ccc3c(c2)C=CC2(O3)N(C)c3ccccc3C2(C)C)cc1. The second-order valence-corrected chi connectivity index (χ2v) is 11.6. The van der Waals surface area contributed by atoms with Crippen LogP contribution in [0.15, 0.2) is 85.0 Å².